The molecule has 1 N–H and O–H groups in total. The van der Waals surface area contributed by atoms with Gasteiger partial charge in [0.1, 0.15) is 11.0 Å². The number of aromatic nitrogens is 2. The molecule has 0 bridgehead atoms. The lowest BCUT2D eigenvalue weighted by Crippen LogP contribution is -2.34. The van der Waals surface area contributed by atoms with Gasteiger partial charge in [0.15, 0.2) is 0 Å². The molecule has 1 rings (SSSR count). The Labute approximate surface area is 113 Å². The lowest BCUT2D eigenvalue weighted by atomic mass is 10.1. The molecule has 1 aromatic rings. The van der Waals surface area contributed by atoms with Gasteiger partial charge in [-0.2, -0.15) is 0 Å². The highest BCUT2D eigenvalue weighted by Crippen LogP contribution is 2.08. The third-order valence-corrected chi connectivity index (χ3v) is 2.75. The second-order valence-electron chi connectivity index (χ2n) is 4.46. The van der Waals surface area contributed by atoms with E-state index in [1.165, 1.54) is 0 Å². The van der Waals surface area contributed by atoms with Crippen LogP contribution in [0.15, 0.2) is 6.07 Å². The molecule has 0 aliphatic carbocycles. The van der Waals surface area contributed by atoms with Crippen molar-refractivity contribution in [3.8, 4) is 0 Å². The van der Waals surface area contributed by atoms with Crippen LogP contribution in [0.2, 0.25) is 5.15 Å². The van der Waals surface area contributed by atoms with Crippen LogP contribution in [0.25, 0.3) is 0 Å². The average Bonchev–Trinajstić information content (AvgIpc) is 2.25. The van der Waals surface area contributed by atoms with E-state index in [9.17, 15) is 4.79 Å². The second kappa shape index (κ2) is 6.66. The predicted octanol–water partition coefficient (Wildman–Crippen LogP) is 1.25. The molecule has 0 aromatic carbocycles. The largest absolute Gasteiger partial charge is 0.359 e. The first-order valence-corrected chi connectivity index (χ1v) is 6.20. The quantitative estimate of drug-likeness (QED) is 0.819. The molecule has 0 radical (unpaired) electrons. The van der Waals surface area contributed by atoms with Crippen LogP contribution in [-0.4, -0.2) is 41.4 Å². The standard InChI is InChI=1S/C12H19ClN4O/c1-8(12(18)14-3)6-17(4)7-11-15-9(2)5-10(13)16-11/h5,8H,6-7H2,1-4H3,(H,14,18). The Balaban J connectivity index is 2.59. The summed E-state index contributed by atoms with van der Waals surface area (Å²) in [5, 5.41) is 3.08. The summed E-state index contributed by atoms with van der Waals surface area (Å²) in [6.07, 6.45) is 0. The van der Waals surface area contributed by atoms with Gasteiger partial charge in [0, 0.05) is 25.2 Å². The van der Waals surface area contributed by atoms with Gasteiger partial charge in [-0.25, -0.2) is 9.97 Å². The number of nitrogens with zero attached hydrogens (tertiary/aromatic N) is 3. The molecule has 1 atom stereocenters. The molecular formula is C12H19ClN4O. The minimum atomic E-state index is -0.0692. The van der Waals surface area contributed by atoms with Crippen molar-refractivity contribution in [1.29, 1.82) is 0 Å². The van der Waals surface area contributed by atoms with E-state index in [0.717, 1.165) is 5.69 Å². The minimum Gasteiger partial charge on any atom is -0.359 e. The zero-order valence-corrected chi connectivity index (χ0v) is 12.0. The van der Waals surface area contributed by atoms with Gasteiger partial charge in [0.25, 0.3) is 0 Å². The lowest BCUT2D eigenvalue weighted by Gasteiger charge is -2.19. The van der Waals surface area contributed by atoms with Crippen molar-refractivity contribution in [3.05, 3.63) is 22.7 Å². The van der Waals surface area contributed by atoms with Crippen LogP contribution in [0, 0.1) is 12.8 Å². The molecule has 1 heterocycles. The summed E-state index contributed by atoms with van der Waals surface area (Å²) in [4.78, 5) is 21.9. The number of carbonyl (C=O) groups excluding carboxylic acids is 1. The highest BCUT2D eigenvalue weighted by atomic mass is 35.5. The average molecular weight is 271 g/mol. The molecular weight excluding hydrogens is 252 g/mol. The van der Waals surface area contributed by atoms with Crippen LogP contribution in [0.4, 0.5) is 0 Å². The molecule has 0 aliphatic rings. The molecule has 0 saturated heterocycles. The van der Waals surface area contributed by atoms with Gasteiger partial charge in [-0.3, -0.25) is 9.69 Å². The lowest BCUT2D eigenvalue weighted by molar-refractivity contribution is -0.124. The van der Waals surface area contributed by atoms with E-state index < -0.39 is 0 Å². The molecule has 1 unspecified atom stereocenters. The Morgan fingerprint density at radius 3 is 2.78 bits per heavy atom. The predicted molar refractivity (Wildman–Crippen MR) is 71.3 cm³/mol. The summed E-state index contributed by atoms with van der Waals surface area (Å²) in [5.41, 5.74) is 0.845. The Morgan fingerprint density at radius 1 is 1.56 bits per heavy atom. The van der Waals surface area contributed by atoms with Gasteiger partial charge in [0.05, 0.1) is 6.54 Å². The molecule has 1 amide bonds. The van der Waals surface area contributed by atoms with Gasteiger partial charge in [0.2, 0.25) is 5.91 Å². The van der Waals surface area contributed by atoms with E-state index >= 15 is 0 Å². The fourth-order valence-electron chi connectivity index (χ4n) is 1.76. The summed E-state index contributed by atoms with van der Waals surface area (Å²) in [7, 11) is 3.57. The Hall–Kier alpha value is -1.20. The third-order valence-electron chi connectivity index (χ3n) is 2.56. The van der Waals surface area contributed by atoms with Crippen molar-refractivity contribution in [1.82, 2.24) is 20.2 Å². The topological polar surface area (TPSA) is 58.1 Å². The number of nitrogens with one attached hydrogen (secondary N) is 1. The Morgan fingerprint density at radius 2 is 2.22 bits per heavy atom. The van der Waals surface area contributed by atoms with E-state index in [2.05, 4.69) is 15.3 Å². The van der Waals surface area contributed by atoms with Crippen molar-refractivity contribution in [2.24, 2.45) is 5.92 Å². The van der Waals surface area contributed by atoms with Crippen LogP contribution >= 0.6 is 11.6 Å². The fraction of sp³-hybridized carbons (Fsp3) is 0.583. The Kier molecular flexibility index (Phi) is 5.50. The Bertz CT molecular complexity index is 404. The van der Waals surface area contributed by atoms with Crippen LogP contribution < -0.4 is 5.32 Å². The number of amides is 1. The van der Waals surface area contributed by atoms with Crippen molar-refractivity contribution in [3.63, 3.8) is 0 Å². The van der Waals surface area contributed by atoms with E-state index in [1.807, 2.05) is 25.8 Å². The number of carbonyl (C=O) groups is 1. The van der Waals surface area contributed by atoms with E-state index in [1.54, 1.807) is 13.1 Å². The van der Waals surface area contributed by atoms with Gasteiger partial charge in [-0.1, -0.05) is 18.5 Å². The summed E-state index contributed by atoms with van der Waals surface area (Å²) >= 11 is 5.88. The van der Waals surface area contributed by atoms with Gasteiger partial charge in [-0.05, 0) is 20.0 Å². The van der Waals surface area contributed by atoms with E-state index in [-0.39, 0.29) is 11.8 Å². The summed E-state index contributed by atoms with van der Waals surface area (Å²) in [6.45, 7) is 4.99. The van der Waals surface area contributed by atoms with Crippen LogP contribution in [0.1, 0.15) is 18.4 Å². The van der Waals surface area contributed by atoms with Crippen molar-refractivity contribution in [2.75, 3.05) is 20.6 Å². The highest BCUT2D eigenvalue weighted by molar-refractivity contribution is 6.29. The number of rotatable bonds is 5. The molecule has 0 spiro atoms. The molecule has 0 fully saturated rings. The highest BCUT2D eigenvalue weighted by Gasteiger charge is 2.14. The smallest absolute Gasteiger partial charge is 0.223 e. The number of hydrogen-bond acceptors (Lipinski definition) is 4. The molecule has 5 nitrogen and oxygen atoms in total. The third kappa shape index (κ3) is 4.58. The first kappa shape index (κ1) is 14.9. The van der Waals surface area contributed by atoms with Crippen LogP contribution in [0.5, 0.6) is 0 Å². The first-order valence-electron chi connectivity index (χ1n) is 5.82. The van der Waals surface area contributed by atoms with E-state index in [4.69, 9.17) is 11.6 Å². The number of hydrogen-bond donors (Lipinski definition) is 1. The molecule has 1 aromatic heterocycles. The zero-order chi connectivity index (χ0) is 13.7. The van der Waals surface area contributed by atoms with Crippen LogP contribution in [0.3, 0.4) is 0 Å². The summed E-state index contributed by atoms with van der Waals surface area (Å²) in [5.74, 6) is 0.636. The molecule has 0 saturated carbocycles. The number of aryl methyl sites for hydroxylation is 1. The summed E-state index contributed by atoms with van der Waals surface area (Å²) in [6, 6.07) is 1.72. The van der Waals surface area contributed by atoms with Crippen molar-refractivity contribution >= 4 is 17.5 Å². The van der Waals surface area contributed by atoms with Gasteiger partial charge in [-0.15, -0.1) is 0 Å². The van der Waals surface area contributed by atoms with Crippen molar-refractivity contribution < 1.29 is 4.79 Å². The van der Waals surface area contributed by atoms with Gasteiger partial charge < -0.3 is 5.32 Å². The minimum absolute atomic E-state index is 0.0324. The first-order chi connectivity index (χ1) is 8.42. The monoisotopic (exact) mass is 270 g/mol. The normalized spacial score (nSPS) is 12.6. The fourth-order valence-corrected chi connectivity index (χ4v) is 2.02. The summed E-state index contributed by atoms with van der Waals surface area (Å²) < 4.78 is 0. The zero-order valence-electron chi connectivity index (χ0n) is 11.2. The van der Waals surface area contributed by atoms with Gasteiger partial charge >= 0.3 is 0 Å². The maximum atomic E-state index is 11.4. The maximum absolute atomic E-state index is 11.4. The molecule has 0 aliphatic heterocycles. The molecule has 100 valence electrons. The van der Waals surface area contributed by atoms with Crippen LogP contribution in [-0.2, 0) is 11.3 Å². The van der Waals surface area contributed by atoms with E-state index in [0.29, 0.717) is 24.1 Å². The molecule has 6 heteroatoms. The SMILES string of the molecule is CNC(=O)C(C)CN(C)Cc1nc(C)cc(Cl)n1. The van der Waals surface area contributed by atoms with Crippen molar-refractivity contribution in [2.45, 2.75) is 20.4 Å². The number of halogens is 1. The molecule has 18 heavy (non-hydrogen) atoms. The second-order valence-corrected chi connectivity index (χ2v) is 4.85. The maximum Gasteiger partial charge on any atom is 0.223 e.